The largest absolute Gasteiger partial charge is 0.481 e. The predicted octanol–water partition coefficient (Wildman–Crippen LogP) is 1.13. The van der Waals surface area contributed by atoms with Gasteiger partial charge in [0.05, 0.1) is 12.0 Å². The van der Waals surface area contributed by atoms with E-state index in [1.165, 1.54) is 0 Å². The predicted molar refractivity (Wildman–Crippen MR) is 57.8 cm³/mol. The first kappa shape index (κ1) is 13.0. The Labute approximate surface area is 95.2 Å². The van der Waals surface area contributed by atoms with Gasteiger partial charge in [-0.1, -0.05) is 6.92 Å². The highest BCUT2D eigenvalue weighted by atomic mass is 16.5. The van der Waals surface area contributed by atoms with Crippen LogP contribution in [0.25, 0.3) is 0 Å². The third-order valence-electron chi connectivity index (χ3n) is 2.93. The normalized spacial score (nSPS) is 25.1. The van der Waals surface area contributed by atoms with Gasteiger partial charge in [0, 0.05) is 6.42 Å². The molecule has 1 fully saturated rings. The molecular weight excluding hydrogens is 210 g/mol. The standard InChI is InChI=1S/C11H19NO4/c1-2-10(13)12-7-16-9-5-3-8(4-6-9)11(14)15/h8-9H,2-7H2,1H3,(H,12,13)(H,14,15)/t8-,9-. The lowest BCUT2D eigenvalue weighted by Crippen LogP contribution is -2.31. The van der Waals surface area contributed by atoms with Gasteiger partial charge in [0.2, 0.25) is 5.91 Å². The molecule has 0 bridgehead atoms. The number of carbonyl (C=O) groups excluding carboxylic acids is 1. The lowest BCUT2D eigenvalue weighted by Gasteiger charge is -2.26. The zero-order chi connectivity index (χ0) is 12.0. The molecule has 16 heavy (non-hydrogen) atoms. The third-order valence-corrected chi connectivity index (χ3v) is 2.93. The van der Waals surface area contributed by atoms with Crippen LogP contribution in [-0.4, -0.2) is 29.8 Å². The molecule has 2 N–H and O–H groups in total. The van der Waals surface area contributed by atoms with Gasteiger partial charge in [-0.3, -0.25) is 9.59 Å². The SMILES string of the molecule is CCC(=O)NCO[C@H]1CC[C@H](C(=O)O)CC1. The van der Waals surface area contributed by atoms with E-state index in [0.29, 0.717) is 19.3 Å². The highest BCUT2D eigenvalue weighted by Crippen LogP contribution is 2.25. The van der Waals surface area contributed by atoms with Crippen molar-refractivity contribution < 1.29 is 19.4 Å². The van der Waals surface area contributed by atoms with Gasteiger partial charge in [-0.05, 0) is 25.7 Å². The van der Waals surface area contributed by atoms with Crippen LogP contribution in [0.15, 0.2) is 0 Å². The Morgan fingerprint density at radius 3 is 2.44 bits per heavy atom. The van der Waals surface area contributed by atoms with E-state index >= 15 is 0 Å². The average molecular weight is 229 g/mol. The van der Waals surface area contributed by atoms with E-state index in [4.69, 9.17) is 9.84 Å². The summed E-state index contributed by atoms with van der Waals surface area (Å²) in [4.78, 5) is 21.6. The van der Waals surface area contributed by atoms with Gasteiger partial charge in [-0.2, -0.15) is 0 Å². The minimum Gasteiger partial charge on any atom is -0.481 e. The minimum atomic E-state index is -0.710. The van der Waals surface area contributed by atoms with Crippen molar-refractivity contribution in [3.05, 3.63) is 0 Å². The summed E-state index contributed by atoms with van der Waals surface area (Å²) >= 11 is 0. The fraction of sp³-hybridized carbons (Fsp3) is 0.818. The van der Waals surface area contributed by atoms with E-state index in [0.717, 1.165) is 12.8 Å². The van der Waals surface area contributed by atoms with Crippen molar-refractivity contribution in [2.45, 2.75) is 45.1 Å². The number of carboxylic acids is 1. The molecule has 0 saturated heterocycles. The summed E-state index contributed by atoms with van der Waals surface area (Å²) in [5.74, 6) is -0.956. The summed E-state index contributed by atoms with van der Waals surface area (Å²) in [6, 6.07) is 0. The van der Waals surface area contributed by atoms with Gasteiger partial charge in [-0.25, -0.2) is 0 Å². The maximum Gasteiger partial charge on any atom is 0.306 e. The average Bonchev–Trinajstić information content (AvgIpc) is 2.29. The third kappa shape index (κ3) is 4.18. The quantitative estimate of drug-likeness (QED) is 0.693. The summed E-state index contributed by atoms with van der Waals surface area (Å²) in [6.07, 6.45) is 3.41. The van der Waals surface area contributed by atoms with Crippen molar-refractivity contribution in [3.8, 4) is 0 Å². The molecule has 0 unspecified atom stereocenters. The van der Waals surface area contributed by atoms with Crippen molar-refractivity contribution in [1.82, 2.24) is 5.32 Å². The van der Waals surface area contributed by atoms with Gasteiger partial charge in [-0.15, -0.1) is 0 Å². The van der Waals surface area contributed by atoms with Crippen LogP contribution in [0.2, 0.25) is 0 Å². The summed E-state index contributed by atoms with van der Waals surface area (Å²) < 4.78 is 5.46. The molecule has 0 aromatic heterocycles. The van der Waals surface area contributed by atoms with Crippen LogP contribution >= 0.6 is 0 Å². The molecule has 0 aromatic rings. The number of ether oxygens (including phenoxy) is 1. The molecule has 92 valence electrons. The van der Waals surface area contributed by atoms with Gasteiger partial charge in [0.15, 0.2) is 0 Å². The Kier molecular flexibility index (Phi) is 5.25. The Morgan fingerprint density at radius 1 is 1.31 bits per heavy atom. The molecule has 0 aromatic carbocycles. The lowest BCUT2D eigenvalue weighted by atomic mass is 9.87. The topological polar surface area (TPSA) is 75.6 Å². The molecule has 1 rings (SSSR count). The number of hydrogen-bond acceptors (Lipinski definition) is 3. The number of rotatable bonds is 5. The number of hydrogen-bond donors (Lipinski definition) is 2. The molecule has 5 nitrogen and oxygen atoms in total. The van der Waals surface area contributed by atoms with Crippen molar-refractivity contribution in [2.75, 3.05) is 6.73 Å². The second-order valence-electron chi connectivity index (χ2n) is 4.08. The summed E-state index contributed by atoms with van der Waals surface area (Å²) in [5, 5.41) is 11.4. The van der Waals surface area contributed by atoms with Crippen molar-refractivity contribution in [2.24, 2.45) is 5.92 Å². The molecule has 1 saturated carbocycles. The summed E-state index contributed by atoms with van der Waals surface area (Å²) in [6.45, 7) is 2.02. The molecule has 5 heteroatoms. The smallest absolute Gasteiger partial charge is 0.306 e. The van der Waals surface area contributed by atoms with E-state index < -0.39 is 5.97 Å². The molecule has 0 radical (unpaired) electrons. The maximum atomic E-state index is 10.9. The zero-order valence-electron chi connectivity index (χ0n) is 9.57. The van der Waals surface area contributed by atoms with Crippen molar-refractivity contribution in [1.29, 1.82) is 0 Å². The summed E-state index contributed by atoms with van der Waals surface area (Å²) in [7, 11) is 0. The maximum absolute atomic E-state index is 10.9. The van der Waals surface area contributed by atoms with E-state index in [1.54, 1.807) is 6.92 Å². The zero-order valence-corrected chi connectivity index (χ0v) is 9.57. The van der Waals surface area contributed by atoms with E-state index in [-0.39, 0.29) is 24.7 Å². The fourth-order valence-corrected chi connectivity index (χ4v) is 1.84. The number of aliphatic carboxylic acids is 1. The molecule has 0 spiro atoms. The highest BCUT2D eigenvalue weighted by Gasteiger charge is 2.26. The van der Waals surface area contributed by atoms with Crippen molar-refractivity contribution >= 4 is 11.9 Å². The molecule has 1 aliphatic carbocycles. The molecular formula is C11H19NO4. The van der Waals surface area contributed by atoms with Crippen LogP contribution in [0.3, 0.4) is 0 Å². The molecule has 1 amide bonds. The van der Waals surface area contributed by atoms with E-state index in [9.17, 15) is 9.59 Å². The number of amides is 1. The highest BCUT2D eigenvalue weighted by molar-refractivity contribution is 5.75. The van der Waals surface area contributed by atoms with Gasteiger partial charge < -0.3 is 15.2 Å². The minimum absolute atomic E-state index is 0.0285. The van der Waals surface area contributed by atoms with E-state index in [2.05, 4.69) is 5.32 Å². The monoisotopic (exact) mass is 229 g/mol. The number of nitrogens with one attached hydrogen (secondary N) is 1. The molecule has 0 atom stereocenters. The molecule has 0 aliphatic heterocycles. The van der Waals surface area contributed by atoms with Crippen LogP contribution in [-0.2, 0) is 14.3 Å². The van der Waals surface area contributed by atoms with E-state index in [1.807, 2.05) is 0 Å². The van der Waals surface area contributed by atoms with Crippen LogP contribution in [0.4, 0.5) is 0 Å². The Morgan fingerprint density at radius 2 is 1.94 bits per heavy atom. The second kappa shape index (κ2) is 6.48. The van der Waals surface area contributed by atoms with Crippen LogP contribution in [0.5, 0.6) is 0 Å². The number of carboxylic acid groups (broad SMARTS) is 1. The summed E-state index contributed by atoms with van der Waals surface area (Å²) in [5.41, 5.74) is 0. The number of carbonyl (C=O) groups is 2. The van der Waals surface area contributed by atoms with Crippen LogP contribution in [0, 0.1) is 5.92 Å². The van der Waals surface area contributed by atoms with Gasteiger partial charge >= 0.3 is 5.97 Å². The van der Waals surface area contributed by atoms with Gasteiger partial charge in [0.25, 0.3) is 0 Å². The Balaban J connectivity index is 2.13. The van der Waals surface area contributed by atoms with Gasteiger partial charge in [0.1, 0.15) is 6.73 Å². The second-order valence-corrected chi connectivity index (χ2v) is 4.08. The molecule has 0 heterocycles. The first-order valence-electron chi connectivity index (χ1n) is 5.74. The van der Waals surface area contributed by atoms with Crippen molar-refractivity contribution in [3.63, 3.8) is 0 Å². The molecule has 1 aliphatic rings. The van der Waals surface area contributed by atoms with Crippen LogP contribution < -0.4 is 5.32 Å². The first-order chi connectivity index (χ1) is 7.63. The van der Waals surface area contributed by atoms with Crippen LogP contribution in [0.1, 0.15) is 39.0 Å². The fourth-order valence-electron chi connectivity index (χ4n) is 1.84. The lowest BCUT2D eigenvalue weighted by molar-refractivity contribution is -0.143. The Bertz CT molecular complexity index is 246. The Hall–Kier alpha value is -1.10. The first-order valence-corrected chi connectivity index (χ1v) is 5.74.